The molecular weight excluding hydrogens is 247 g/mol. The molecule has 0 aliphatic carbocycles. The van der Waals surface area contributed by atoms with E-state index in [0.29, 0.717) is 11.8 Å². The Morgan fingerprint density at radius 2 is 1.93 bits per heavy atom. The van der Waals surface area contributed by atoms with E-state index in [9.17, 15) is 13.2 Å². The largest absolute Gasteiger partial charge is 0.278 e. The van der Waals surface area contributed by atoms with Gasteiger partial charge in [-0.15, -0.1) is 0 Å². The van der Waals surface area contributed by atoms with Gasteiger partial charge < -0.3 is 0 Å². The van der Waals surface area contributed by atoms with E-state index in [0.717, 1.165) is 0 Å². The molecule has 0 amide bonds. The molecule has 1 aromatic rings. The van der Waals surface area contributed by atoms with Crippen LogP contribution in [0.15, 0.2) is 23.1 Å². The van der Waals surface area contributed by atoms with Crippen LogP contribution >= 0.6 is 23.4 Å². The van der Waals surface area contributed by atoms with Crippen molar-refractivity contribution in [2.24, 2.45) is 0 Å². The number of hydrogen-bond donors (Lipinski definition) is 0. The Morgan fingerprint density at radius 3 is 2.47 bits per heavy atom. The molecule has 80 valence electrons. The van der Waals surface area contributed by atoms with Crippen molar-refractivity contribution in [1.82, 2.24) is 0 Å². The molecule has 1 atom stereocenters. The van der Waals surface area contributed by atoms with Crippen LogP contribution in [0.25, 0.3) is 0 Å². The van der Waals surface area contributed by atoms with Gasteiger partial charge in [0.25, 0.3) is 6.43 Å². The van der Waals surface area contributed by atoms with Crippen LogP contribution in [-0.2, 0) is 0 Å². The molecule has 0 fully saturated rings. The molecule has 0 aliphatic rings. The van der Waals surface area contributed by atoms with E-state index >= 15 is 0 Å². The highest BCUT2D eigenvalue weighted by atomic mass is 35.5. The molecule has 0 aliphatic heterocycles. The number of halogens is 4. The lowest BCUT2D eigenvalue weighted by atomic mass is 10.2. The SMILES string of the molecule is N#Cc1cc(Cl)cc(SC(F)C(F)F)c1. The van der Waals surface area contributed by atoms with Gasteiger partial charge in [-0.05, 0) is 18.2 Å². The molecule has 0 bridgehead atoms. The molecule has 0 spiro atoms. The van der Waals surface area contributed by atoms with E-state index in [1.54, 1.807) is 6.07 Å². The number of benzene rings is 1. The van der Waals surface area contributed by atoms with Crippen molar-refractivity contribution in [3.8, 4) is 6.07 Å². The van der Waals surface area contributed by atoms with Crippen LogP contribution in [0.4, 0.5) is 13.2 Å². The maximum atomic E-state index is 12.7. The molecule has 1 unspecified atom stereocenters. The Bertz CT molecular complexity index is 391. The van der Waals surface area contributed by atoms with Gasteiger partial charge in [0, 0.05) is 9.92 Å². The van der Waals surface area contributed by atoms with Crippen LogP contribution in [-0.4, -0.2) is 11.9 Å². The first-order chi connectivity index (χ1) is 7.02. The van der Waals surface area contributed by atoms with Crippen LogP contribution < -0.4 is 0 Å². The van der Waals surface area contributed by atoms with Gasteiger partial charge in [0.1, 0.15) is 0 Å². The molecule has 1 aromatic carbocycles. The fraction of sp³-hybridized carbons (Fsp3) is 0.222. The van der Waals surface area contributed by atoms with Crippen molar-refractivity contribution in [2.75, 3.05) is 0 Å². The molecular formula is C9H5ClF3NS. The Hall–Kier alpha value is -0.860. The van der Waals surface area contributed by atoms with Gasteiger partial charge in [0.05, 0.1) is 11.6 Å². The fourth-order valence-corrected chi connectivity index (χ4v) is 1.93. The standard InChI is InChI=1S/C9H5ClF3NS/c10-6-1-5(4-14)2-7(3-6)15-9(13)8(11)12/h1-3,8-9H. The van der Waals surface area contributed by atoms with Crippen molar-refractivity contribution < 1.29 is 13.2 Å². The topological polar surface area (TPSA) is 23.8 Å². The van der Waals surface area contributed by atoms with Crippen LogP contribution in [0, 0.1) is 11.3 Å². The van der Waals surface area contributed by atoms with Gasteiger partial charge in [-0.1, -0.05) is 23.4 Å². The van der Waals surface area contributed by atoms with Gasteiger partial charge in [-0.25, -0.2) is 13.2 Å². The molecule has 0 saturated carbocycles. The first kappa shape index (κ1) is 12.2. The van der Waals surface area contributed by atoms with Crippen molar-refractivity contribution in [2.45, 2.75) is 16.8 Å². The molecule has 1 nitrogen and oxygen atoms in total. The summed E-state index contributed by atoms with van der Waals surface area (Å²) in [5.41, 5.74) is -2.10. The number of nitrogens with zero attached hydrogens (tertiary/aromatic N) is 1. The predicted octanol–water partition coefficient (Wildman–Crippen LogP) is 3.86. The highest BCUT2D eigenvalue weighted by molar-refractivity contribution is 7.99. The molecule has 0 heterocycles. The van der Waals surface area contributed by atoms with Gasteiger partial charge in [0.15, 0.2) is 0 Å². The average molecular weight is 252 g/mol. The molecule has 1 rings (SSSR count). The minimum Gasteiger partial charge on any atom is -0.229 e. The number of nitriles is 1. The third kappa shape index (κ3) is 3.65. The second-order valence-corrected chi connectivity index (χ2v) is 4.18. The summed E-state index contributed by atoms with van der Waals surface area (Å²) in [6, 6.07) is 5.83. The van der Waals surface area contributed by atoms with E-state index in [2.05, 4.69) is 0 Å². The number of hydrogen-bond acceptors (Lipinski definition) is 2. The monoisotopic (exact) mass is 251 g/mol. The van der Waals surface area contributed by atoms with E-state index in [-0.39, 0.29) is 15.5 Å². The molecule has 0 saturated heterocycles. The summed E-state index contributed by atoms with van der Waals surface area (Å²) in [4.78, 5) is 0.215. The van der Waals surface area contributed by atoms with Crippen LogP contribution in [0.3, 0.4) is 0 Å². The van der Waals surface area contributed by atoms with E-state index < -0.39 is 11.9 Å². The fourth-order valence-electron chi connectivity index (χ4n) is 0.877. The second-order valence-electron chi connectivity index (χ2n) is 2.59. The zero-order chi connectivity index (χ0) is 11.4. The molecule has 15 heavy (non-hydrogen) atoms. The Kier molecular flexibility index (Phi) is 4.30. The van der Waals surface area contributed by atoms with Gasteiger partial charge in [0.2, 0.25) is 5.50 Å². The minimum atomic E-state index is -3.06. The first-order valence-electron chi connectivity index (χ1n) is 3.82. The Morgan fingerprint density at radius 1 is 1.27 bits per heavy atom. The van der Waals surface area contributed by atoms with Crippen LogP contribution in [0.5, 0.6) is 0 Å². The van der Waals surface area contributed by atoms with E-state index in [4.69, 9.17) is 16.9 Å². The summed E-state index contributed by atoms with van der Waals surface area (Å²) in [7, 11) is 0. The highest BCUT2D eigenvalue weighted by Crippen LogP contribution is 2.30. The number of alkyl halides is 3. The Labute approximate surface area is 93.8 Å². The maximum Gasteiger partial charge on any atom is 0.278 e. The molecule has 0 N–H and O–H groups in total. The minimum absolute atomic E-state index is 0.214. The molecule has 0 aromatic heterocycles. The highest BCUT2D eigenvalue weighted by Gasteiger charge is 2.20. The molecule has 0 radical (unpaired) electrons. The summed E-state index contributed by atoms with van der Waals surface area (Å²) in [5, 5.41) is 8.79. The van der Waals surface area contributed by atoms with Crippen LogP contribution in [0.2, 0.25) is 5.02 Å². The van der Waals surface area contributed by atoms with Crippen molar-refractivity contribution in [3.05, 3.63) is 28.8 Å². The summed E-state index contributed by atoms with van der Waals surface area (Å²) in [6.45, 7) is 0. The second kappa shape index (κ2) is 5.29. The lowest BCUT2D eigenvalue weighted by Crippen LogP contribution is -2.06. The van der Waals surface area contributed by atoms with Gasteiger partial charge >= 0.3 is 0 Å². The maximum absolute atomic E-state index is 12.7. The van der Waals surface area contributed by atoms with Gasteiger partial charge in [-0.2, -0.15) is 5.26 Å². The quantitative estimate of drug-likeness (QED) is 0.762. The zero-order valence-electron chi connectivity index (χ0n) is 7.25. The lowest BCUT2D eigenvalue weighted by molar-refractivity contribution is 0.0953. The lowest BCUT2D eigenvalue weighted by Gasteiger charge is -2.06. The van der Waals surface area contributed by atoms with Crippen molar-refractivity contribution in [1.29, 1.82) is 5.26 Å². The van der Waals surface area contributed by atoms with Crippen molar-refractivity contribution >= 4 is 23.4 Å². The summed E-state index contributed by atoms with van der Waals surface area (Å²) in [6.07, 6.45) is -3.06. The van der Waals surface area contributed by atoms with Crippen LogP contribution in [0.1, 0.15) is 5.56 Å². The van der Waals surface area contributed by atoms with E-state index in [1.165, 1.54) is 18.2 Å². The Balaban J connectivity index is 2.87. The predicted molar refractivity (Wildman–Crippen MR) is 52.9 cm³/mol. The third-order valence-electron chi connectivity index (χ3n) is 1.45. The summed E-state index contributed by atoms with van der Waals surface area (Å²) >= 11 is 5.96. The normalized spacial score (nSPS) is 12.5. The third-order valence-corrected chi connectivity index (χ3v) is 2.60. The first-order valence-corrected chi connectivity index (χ1v) is 5.08. The molecule has 6 heteroatoms. The number of rotatable bonds is 3. The number of thioether (sulfide) groups is 1. The average Bonchev–Trinajstić information content (AvgIpc) is 2.16. The smallest absolute Gasteiger partial charge is 0.229 e. The zero-order valence-corrected chi connectivity index (χ0v) is 8.83. The van der Waals surface area contributed by atoms with Crippen molar-refractivity contribution in [3.63, 3.8) is 0 Å². The van der Waals surface area contributed by atoms with E-state index in [1.807, 2.05) is 0 Å². The summed E-state index contributed by atoms with van der Waals surface area (Å²) in [5.74, 6) is 0. The van der Waals surface area contributed by atoms with Gasteiger partial charge in [-0.3, -0.25) is 0 Å². The summed E-state index contributed by atoms with van der Waals surface area (Å²) < 4.78 is 36.5.